The molecule has 1 unspecified atom stereocenters. The van der Waals surface area contributed by atoms with Crippen molar-refractivity contribution in [3.05, 3.63) is 26.2 Å². The van der Waals surface area contributed by atoms with Gasteiger partial charge in [0, 0.05) is 16.3 Å². The molecule has 2 nitrogen and oxygen atoms in total. The molecule has 1 aliphatic rings. The van der Waals surface area contributed by atoms with E-state index in [4.69, 9.17) is 11.6 Å². The lowest BCUT2D eigenvalue weighted by atomic mass is 10.2. The highest BCUT2D eigenvalue weighted by atomic mass is 35.5. The zero-order valence-corrected chi connectivity index (χ0v) is 11.0. The summed E-state index contributed by atoms with van der Waals surface area (Å²) in [5.41, 5.74) is 2.19. The third-order valence-electron chi connectivity index (χ3n) is 2.74. The molecule has 0 bridgehead atoms. The number of nitrogens with zero attached hydrogens (tertiary/aromatic N) is 1. The summed E-state index contributed by atoms with van der Waals surface area (Å²) in [5, 5.41) is 8.85. The number of thiophene rings is 1. The van der Waals surface area contributed by atoms with Crippen LogP contribution in [0.1, 0.15) is 23.9 Å². The van der Waals surface area contributed by atoms with Crippen molar-refractivity contribution >= 4 is 34.3 Å². The van der Waals surface area contributed by atoms with Crippen LogP contribution in [-0.4, -0.2) is 11.5 Å². The van der Waals surface area contributed by atoms with Crippen molar-refractivity contribution in [2.24, 2.45) is 0 Å². The molecule has 0 aliphatic carbocycles. The lowest BCUT2D eigenvalue weighted by Crippen LogP contribution is -2.12. The van der Waals surface area contributed by atoms with Crippen molar-refractivity contribution in [2.45, 2.75) is 18.9 Å². The van der Waals surface area contributed by atoms with E-state index >= 15 is 0 Å². The van der Waals surface area contributed by atoms with E-state index < -0.39 is 0 Å². The Morgan fingerprint density at radius 3 is 3.00 bits per heavy atom. The van der Waals surface area contributed by atoms with Gasteiger partial charge in [-0.05, 0) is 25.5 Å². The van der Waals surface area contributed by atoms with Crippen LogP contribution in [0.4, 0.5) is 0 Å². The van der Waals surface area contributed by atoms with Crippen molar-refractivity contribution < 1.29 is 0 Å². The second kappa shape index (κ2) is 4.45. The first kappa shape index (κ1) is 10.7. The van der Waals surface area contributed by atoms with E-state index in [2.05, 4.69) is 21.1 Å². The molecule has 0 aromatic carbocycles. The van der Waals surface area contributed by atoms with E-state index in [-0.39, 0.29) is 0 Å². The molecule has 1 fully saturated rings. The smallest absolute Gasteiger partial charge is 0.110 e. The van der Waals surface area contributed by atoms with Gasteiger partial charge in [-0.15, -0.1) is 22.7 Å². The fourth-order valence-corrected chi connectivity index (χ4v) is 3.73. The molecule has 0 saturated carbocycles. The van der Waals surface area contributed by atoms with E-state index in [0.29, 0.717) is 6.04 Å². The van der Waals surface area contributed by atoms with Crippen LogP contribution in [0.2, 0.25) is 4.34 Å². The maximum atomic E-state index is 5.93. The number of halogens is 1. The van der Waals surface area contributed by atoms with Crippen molar-refractivity contribution in [3.8, 4) is 11.3 Å². The monoisotopic (exact) mass is 270 g/mol. The summed E-state index contributed by atoms with van der Waals surface area (Å²) in [6.07, 6.45) is 2.46. The first-order chi connectivity index (χ1) is 7.83. The highest BCUT2D eigenvalue weighted by Crippen LogP contribution is 2.32. The molecule has 3 rings (SSSR count). The van der Waals surface area contributed by atoms with Gasteiger partial charge in [0.05, 0.1) is 16.1 Å². The fraction of sp³-hybridized carbons (Fsp3) is 0.364. The maximum absolute atomic E-state index is 5.93. The van der Waals surface area contributed by atoms with E-state index in [9.17, 15) is 0 Å². The van der Waals surface area contributed by atoms with Crippen LogP contribution in [0.5, 0.6) is 0 Å². The summed E-state index contributed by atoms with van der Waals surface area (Å²) in [7, 11) is 0. The van der Waals surface area contributed by atoms with Crippen LogP contribution in [-0.2, 0) is 0 Å². The van der Waals surface area contributed by atoms with Crippen molar-refractivity contribution in [3.63, 3.8) is 0 Å². The molecular formula is C11H11ClN2S2. The molecule has 0 spiro atoms. The van der Waals surface area contributed by atoms with Gasteiger partial charge >= 0.3 is 0 Å². The Labute approximate surface area is 107 Å². The van der Waals surface area contributed by atoms with Gasteiger partial charge in [0.2, 0.25) is 0 Å². The average molecular weight is 271 g/mol. The molecule has 1 atom stereocenters. The highest BCUT2D eigenvalue weighted by Gasteiger charge is 2.19. The lowest BCUT2D eigenvalue weighted by Gasteiger charge is -2.04. The van der Waals surface area contributed by atoms with E-state index in [1.165, 1.54) is 17.8 Å². The number of hydrogen-bond acceptors (Lipinski definition) is 4. The largest absolute Gasteiger partial charge is 0.308 e. The third kappa shape index (κ3) is 2.02. The standard InChI is InChI=1S/C11H11ClN2S2/c12-10-4-7(5-15-10)9-6-16-11(14-9)8-2-1-3-13-8/h4-6,8,13H,1-3H2. The third-order valence-corrected chi connectivity index (χ3v) is 4.79. The Kier molecular flexibility index (Phi) is 2.98. The normalized spacial score (nSPS) is 20.4. The van der Waals surface area contributed by atoms with E-state index in [1.807, 2.05) is 6.07 Å². The number of aromatic nitrogens is 1. The van der Waals surface area contributed by atoms with Gasteiger partial charge in [0.1, 0.15) is 5.01 Å². The molecule has 5 heteroatoms. The van der Waals surface area contributed by atoms with Crippen LogP contribution in [0.15, 0.2) is 16.8 Å². The van der Waals surface area contributed by atoms with Crippen molar-refractivity contribution in [1.29, 1.82) is 0 Å². The summed E-state index contributed by atoms with van der Waals surface area (Å²) < 4.78 is 0.823. The molecule has 0 radical (unpaired) electrons. The Morgan fingerprint density at radius 2 is 2.31 bits per heavy atom. The van der Waals surface area contributed by atoms with Crippen LogP contribution in [0.25, 0.3) is 11.3 Å². The highest BCUT2D eigenvalue weighted by molar-refractivity contribution is 7.14. The Bertz CT molecular complexity index is 486. The first-order valence-corrected chi connectivity index (χ1v) is 7.40. The second-order valence-electron chi connectivity index (χ2n) is 3.86. The van der Waals surface area contributed by atoms with Gasteiger partial charge in [0.15, 0.2) is 0 Å². The summed E-state index contributed by atoms with van der Waals surface area (Å²) in [5.74, 6) is 0. The minimum absolute atomic E-state index is 0.466. The van der Waals surface area contributed by atoms with E-state index in [1.54, 1.807) is 22.7 Å². The summed E-state index contributed by atoms with van der Waals surface area (Å²) in [6.45, 7) is 1.11. The van der Waals surface area contributed by atoms with Crippen molar-refractivity contribution in [2.75, 3.05) is 6.54 Å². The minimum atomic E-state index is 0.466. The van der Waals surface area contributed by atoms with Crippen molar-refractivity contribution in [1.82, 2.24) is 10.3 Å². The Balaban J connectivity index is 1.87. The topological polar surface area (TPSA) is 24.9 Å². The number of rotatable bonds is 2. The van der Waals surface area contributed by atoms with Crippen LogP contribution >= 0.6 is 34.3 Å². The molecule has 2 aromatic rings. The summed E-state index contributed by atoms with van der Waals surface area (Å²) in [4.78, 5) is 4.68. The molecular weight excluding hydrogens is 260 g/mol. The average Bonchev–Trinajstić information content (AvgIpc) is 2.97. The molecule has 1 aliphatic heterocycles. The zero-order chi connectivity index (χ0) is 11.0. The molecule has 1 saturated heterocycles. The number of thiazole rings is 1. The summed E-state index contributed by atoms with van der Waals surface area (Å²) >= 11 is 9.22. The van der Waals surface area contributed by atoms with Gasteiger partial charge in [-0.1, -0.05) is 11.6 Å². The molecule has 0 amide bonds. The SMILES string of the molecule is Clc1cc(-c2csc(C3CCCN3)n2)cs1. The Morgan fingerprint density at radius 1 is 1.38 bits per heavy atom. The van der Waals surface area contributed by atoms with E-state index in [0.717, 1.165) is 22.1 Å². The second-order valence-corrected chi connectivity index (χ2v) is 6.29. The molecule has 3 heterocycles. The number of hydrogen-bond donors (Lipinski definition) is 1. The van der Waals surface area contributed by atoms with Gasteiger partial charge < -0.3 is 5.32 Å². The van der Waals surface area contributed by atoms with Crippen LogP contribution < -0.4 is 5.32 Å². The van der Waals surface area contributed by atoms with Crippen LogP contribution in [0.3, 0.4) is 0 Å². The van der Waals surface area contributed by atoms with Gasteiger partial charge in [-0.3, -0.25) is 0 Å². The molecule has 1 N–H and O–H groups in total. The zero-order valence-electron chi connectivity index (χ0n) is 8.57. The molecule has 16 heavy (non-hydrogen) atoms. The van der Waals surface area contributed by atoms with Gasteiger partial charge in [-0.2, -0.15) is 0 Å². The van der Waals surface area contributed by atoms with Gasteiger partial charge in [0.25, 0.3) is 0 Å². The number of nitrogens with one attached hydrogen (secondary N) is 1. The predicted molar refractivity (Wildman–Crippen MR) is 70.4 cm³/mol. The molecule has 2 aromatic heterocycles. The lowest BCUT2D eigenvalue weighted by molar-refractivity contribution is 0.643. The quantitative estimate of drug-likeness (QED) is 0.894. The molecule has 84 valence electrons. The first-order valence-electron chi connectivity index (χ1n) is 5.26. The maximum Gasteiger partial charge on any atom is 0.110 e. The van der Waals surface area contributed by atoms with Crippen LogP contribution in [0, 0.1) is 0 Å². The minimum Gasteiger partial charge on any atom is -0.308 e. The Hall–Kier alpha value is -0.420. The summed E-state index contributed by atoms with van der Waals surface area (Å²) in [6, 6.07) is 2.44. The van der Waals surface area contributed by atoms with Gasteiger partial charge in [-0.25, -0.2) is 4.98 Å². The fourth-order valence-electron chi connectivity index (χ4n) is 1.92. The predicted octanol–water partition coefficient (Wildman–Crippen LogP) is 3.95.